The molecule has 3 heteroatoms. The monoisotopic (exact) mass is 293 g/mol. The summed E-state index contributed by atoms with van der Waals surface area (Å²) in [7, 11) is 0. The largest absolute Gasteiger partial charge is 0.443 e. The first-order chi connectivity index (χ1) is 10.5. The molecule has 0 amide bonds. The molecule has 0 saturated carbocycles. The summed E-state index contributed by atoms with van der Waals surface area (Å²) in [5.74, 6) is 0. The summed E-state index contributed by atoms with van der Waals surface area (Å²) in [5.41, 5.74) is 1.34. The second-order valence-corrected chi connectivity index (χ2v) is 6.27. The Bertz CT molecular complexity index is 819. The lowest BCUT2D eigenvalue weighted by atomic mass is 10.0. The number of carbonyl (C=O) groups excluding carboxylic acids is 1. The van der Waals surface area contributed by atoms with Gasteiger partial charge in [-0.15, -0.1) is 0 Å². The molecule has 0 unspecified atom stereocenters. The van der Waals surface area contributed by atoms with Gasteiger partial charge >= 0.3 is 6.09 Å². The fourth-order valence-corrected chi connectivity index (χ4v) is 2.52. The van der Waals surface area contributed by atoms with Crippen molar-refractivity contribution in [3.63, 3.8) is 0 Å². The Morgan fingerprint density at radius 3 is 2.45 bits per heavy atom. The molecule has 1 heterocycles. The average molecular weight is 293 g/mol. The molecule has 1 aromatic heterocycles. The Morgan fingerprint density at radius 1 is 0.955 bits per heavy atom. The van der Waals surface area contributed by atoms with E-state index in [9.17, 15) is 4.79 Å². The van der Waals surface area contributed by atoms with Crippen LogP contribution in [0.3, 0.4) is 0 Å². The lowest BCUT2D eigenvalue weighted by Gasteiger charge is -2.20. The molecule has 0 bridgehead atoms. The lowest BCUT2D eigenvalue weighted by molar-refractivity contribution is 0.0540. The first-order valence-electron chi connectivity index (χ1n) is 7.34. The fraction of sp³-hybridized carbons (Fsp3) is 0.211. The number of aromatic nitrogens is 1. The van der Waals surface area contributed by atoms with Crippen LogP contribution in [0.15, 0.2) is 60.8 Å². The average Bonchev–Trinajstić information content (AvgIpc) is 2.94. The third-order valence-corrected chi connectivity index (χ3v) is 3.40. The number of hydrogen-bond donors (Lipinski definition) is 0. The van der Waals surface area contributed by atoms with Crippen molar-refractivity contribution in [1.29, 1.82) is 0 Å². The van der Waals surface area contributed by atoms with Gasteiger partial charge in [0.15, 0.2) is 0 Å². The van der Waals surface area contributed by atoms with Crippen molar-refractivity contribution in [2.75, 3.05) is 0 Å². The summed E-state index contributed by atoms with van der Waals surface area (Å²) >= 11 is 0. The molecule has 112 valence electrons. The normalized spacial score (nSPS) is 11.6. The van der Waals surface area contributed by atoms with Crippen molar-refractivity contribution < 1.29 is 9.53 Å². The van der Waals surface area contributed by atoms with Gasteiger partial charge in [-0.05, 0) is 43.7 Å². The molecule has 0 N–H and O–H groups in total. The lowest BCUT2D eigenvalue weighted by Crippen LogP contribution is -2.27. The molecule has 0 radical (unpaired) electrons. The van der Waals surface area contributed by atoms with Crippen LogP contribution in [0, 0.1) is 0 Å². The Morgan fingerprint density at radius 2 is 1.68 bits per heavy atom. The predicted octanol–water partition coefficient (Wildman–Crippen LogP) is 5.09. The molecule has 2 aromatic carbocycles. The molecule has 22 heavy (non-hydrogen) atoms. The second-order valence-electron chi connectivity index (χ2n) is 6.27. The van der Waals surface area contributed by atoms with Gasteiger partial charge in [-0.25, -0.2) is 4.79 Å². The summed E-state index contributed by atoms with van der Waals surface area (Å²) < 4.78 is 7.04. The molecule has 3 aromatic rings. The van der Waals surface area contributed by atoms with E-state index in [0.29, 0.717) is 0 Å². The van der Waals surface area contributed by atoms with Crippen molar-refractivity contribution in [3.8, 4) is 11.3 Å². The number of benzene rings is 2. The van der Waals surface area contributed by atoms with Gasteiger partial charge in [-0.3, -0.25) is 4.57 Å². The molecule has 3 rings (SSSR count). The standard InChI is InChI=1S/C19H19NO2/c1-19(2,3)22-18(21)20-13-7-12-17(20)16-11-6-9-14-8-4-5-10-15(14)16/h4-13H,1-3H3. The van der Waals surface area contributed by atoms with Crippen LogP contribution < -0.4 is 0 Å². The van der Waals surface area contributed by atoms with Crippen LogP contribution in [0.5, 0.6) is 0 Å². The van der Waals surface area contributed by atoms with E-state index in [1.807, 2.05) is 57.2 Å². The van der Waals surface area contributed by atoms with E-state index >= 15 is 0 Å². The minimum atomic E-state index is -0.516. The van der Waals surface area contributed by atoms with E-state index in [2.05, 4.69) is 18.2 Å². The summed E-state index contributed by atoms with van der Waals surface area (Å²) in [6.07, 6.45) is 1.38. The molecular weight excluding hydrogens is 274 g/mol. The molecule has 0 aliphatic rings. The fourth-order valence-electron chi connectivity index (χ4n) is 2.52. The van der Waals surface area contributed by atoms with Gasteiger partial charge in [-0.1, -0.05) is 42.5 Å². The van der Waals surface area contributed by atoms with E-state index in [4.69, 9.17) is 4.74 Å². The summed E-state index contributed by atoms with van der Waals surface area (Å²) in [4.78, 5) is 12.4. The zero-order valence-corrected chi connectivity index (χ0v) is 13.0. The van der Waals surface area contributed by atoms with Crippen molar-refractivity contribution in [2.45, 2.75) is 26.4 Å². The summed E-state index contributed by atoms with van der Waals surface area (Å²) in [6, 6.07) is 18.1. The first-order valence-corrected chi connectivity index (χ1v) is 7.34. The van der Waals surface area contributed by atoms with Gasteiger partial charge in [0.2, 0.25) is 0 Å². The molecule has 0 saturated heterocycles. The van der Waals surface area contributed by atoms with Crippen LogP contribution >= 0.6 is 0 Å². The first kappa shape index (κ1) is 14.4. The zero-order valence-electron chi connectivity index (χ0n) is 13.0. The third-order valence-electron chi connectivity index (χ3n) is 3.40. The van der Waals surface area contributed by atoms with E-state index in [-0.39, 0.29) is 6.09 Å². The van der Waals surface area contributed by atoms with Crippen molar-refractivity contribution >= 4 is 16.9 Å². The highest BCUT2D eigenvalue weighted by atomic mass is 16.6. The second kappa shape index (κ2) is 5.34. The Balaban J connectivity index is 2.10. The van der Waals surface area contributed by atoms with Crippen LogP contribution in [-0.2, 0) is 4.74 Å². The number of rotatable bonds is 1. The van der Waals surface area contributed by atoms with Crippen molar-refractivity contribution in [3.05, 3.63) is 60.8 Å². The van der Waals surface area contributed by atoms with Gasteiger partial charge in [0.1, 0.15) is 5.60 Å². The number of fused-ring (bicyclic) bond motifs is 1. The molecular formula is C19H19NO2. The minimum Gasteiger partial charge on any atom is -0.443 e. The molecule has 0 fully saturated rings. The van der Waals surface area contributed by atoms with Gasteiger partial charge in [0.05, 0.1) is 5.69 Å². The van der Waals surface area contributed by atoms with Gasteiger partial charge in [-0.2, -0.15) is 0 Å². The molecule has 0 aliphatic carbocycles. The Kier molecular flexibility index (Phi) is 3.49. The number of carbonyl (C=O) groups is 1. The van der Waals surface area contributed by atoms with E-state index in [1.54, 1.807) is 10.8 Å². The quantitative estimate of drug-likeness (QED) is 0.625. The Labute approximate surface area is 130 Å². The zero-order chi connectivity index (χ0) is 15.7. The Hall–Kier alpha value is -2.55. The van der Waals surface area contributed by atoms with Crippen LogP contribution in [-0.4, -0.2) is 16.3 Å². The van der Waals surface area contributed by atoms with Crippen LogP contribution in [0.1, 0.15) is 20.8 Å². The molecule has 0 atom stereocenters. The smallest absolute Gasteiger partial charge is 0.418 e. The SMILES string of the molecule is CC(C)(C)OC(=O)n1cccc1-c1cccc2ccccc12. The van der Waals surface area contributed by atoms with Crippen molar-refractivity contribution in [2.24, 2.45) is 0 Å². The van der Waals surface area contributed by atoms with E-state index < -0.39 is 5.60 Å². The van der Waals surface area contributed by atoms with Crippen LogP contribution in [0.4, 0.5) is 4.79 Å². The highest BCUT2D eigenvalue weighted by molar-refractivity contribution is 5.97. The van der Waals surface area contributed by atoms with Crippen LogP contribution in [0.2, 0.25) is 0 Å². The number of nitrogens with zero attached hydrogens (tertiary/aromatic N) is 1. The summed E-state index contributed by atoms with van der Waals surface area (Å²) in [6.45, 7) is 5.60. The van der Waals surface area contributed by atoms with Crippen LogP contribution in [0.25, 0.3) is 22.0 Å². The highest BCUT2D eigenvalue weighted by Crippen LogP contribution is 2.29. The number of hydrogen-bond acceptors (Lipinski definition) is 2. The minimum absolute atomic E-state index is 0.361. The predicted molar refractivity (Wildman–Crippen MR) is 89.0 cm³/mol. The maximum Gasteiger partial charge on any atom is 0.418 e. The van der Waals surface area contributed by atoms with Gasteiger partial charge in [0.25, 0.3) is 0 Å². The highest BCUT2D eigenvalue weighted by Gasteiger charge is 2.20. The summed E-state index contributed by atoms with van der Waals surface area (Å²) in [5, 5.41) is 2.27. The van der Waals surface area contributed by atoms with E-state index in [1.165, 1.54) is 0 Å². The molecule has 0 spiro atoms. The van der Waals surface area contributed by atoms with Crippen molar-refractivity contribution in [1.82, 2.24) is 4.57 Å². The third kappa shape index (κ3) is 2.75. The van der Waals surface area contributed by atoms with Gasteiger partial charge in [0, 0.05) is 11.8 Å². The maximum atomic E-state index is 12.4. The van der Waals surface area contributed by atoms with Gasteiger partial charge < -0.3 is 4.74 Å². The maximum absolute atomic E-state index is 12.4. The van der Waals surface area contributed by atoms with E-state index in [0.717, 1.165) is 22.0 Å². The molecule has 3 nitrogen and oxygen atoms in total. The molecule has 0 aliphatic heterocycles. The topological polar surface area (TPSA) is 31.2 Å². The number of ether oxygens (including phenoxy) is 1.